The van der Waals surface area contributed by atoms with Crippen molar-refractivity contribution in [2.24, 2.45) is 0 Å². The van der Waals surface area contributed by atoms with Gasteiger partial charge in [0.25, 0.3) is 0 Å². The minimum absolute atomic E-state index is 0.129. The molecule has 0 bridgehead atoms. The molecule has 0 saturated carbocycles. The van der Waals surface area contributed by atoms with Gasteiger partial charge in [-0.25, -0.2) is 9.37 Å². The van der Waals surface area contributed by atoms with Crippen LogP contribution in [-0.4, -0.2) is 28.7 Å². The highest BCUT2D eigenvalue weighted by atomic mass is 19.1. The van der Waals surface area contributed by atoms with Gasteiger partial charge in [-0.15, -0.1) is 0 Å². The molecule has 160 valence electrons. The number of carbonyl (C=O) groups is 2. The average Bonchev–Trinajstić information content (AvgIpc) is 2.79. The lowest BCUT2D eigenvalue weighted by Crippen LogP contribution is -2.26. The number of hydrogen-bond donors (Lipinski definition) is 0. The summed E-state index contributed by atoms with van der Waals surface area (Å²) in [6.07, 6.45) is 3.46. The molecule has 0 N–H and O–H groups in total. The highest BCUT2D eigenvalue weighted by molar-refractivity contribution is 5.96. The molecule has 2 heterocycles. The van der Waals surface area contributed by atoms with Gasteiger partial charge in [-0.1, -0.05) is 19.1 Å². The molecule has 1 aromatic carbocycles. The lowest BCUT2D eigenvalue weighted by atomic mass is 10.0. The zero-order chi connectivity index (χ0) is 22.5. The lowest BCUT2D eigenvalue weighted by molar-refractivity contribution is -0.118. The Morgan fingerprint density at radius 1 is 1.06 bits per heavy atom. The number of aromatic nitrogens is 2. The number of anilines is 1. The van der Waals surface area contributed by atoms with E-state index in [9.17, 15) is 18.4 Å². The van der Waals surface area contributed by atoms with Gasteiger partial charge in [0.1, 0.15) is 5.82 Å². The van der Waals surface area contributed by atoms with Gasteiger partial charge in [0, 0.05) is 49.0 Å². The summed E-state index contributed by atoms with van der Waals surface area (Å²) in [4.78, 5) is 33.5. The third-order valence-electron chi connectivity index (χ3n) is 5.22. The molecule has 2 aromatic heterocycles. The van der Waals surface area contributed by atoms with Crippen molar-refractivity contribution in [3.05, 3.63) is 77.2 Å². The summed E-state index contributed by atoms with van der Waals surface area (Å²) in [7, 11) is 1.54. The second-order valence-electron chi connectivity index (χ2n) is 7.19. The maximum absolute atomic E-state index is 14.9. The summed E-state index contributed by atoms with van der Waals surface area (Å²) in [5, 5.41) is 0. The van der Waals surface area contributed by atoms with Gasteiger partial charge >= 0.3 is 0 Å². The third-order valence-corrected chi connectivity index (χ3v) is 5.22. The smallest absolute Gasteiger partial charge is 0.226 e. The number of amides is 1. The second kappa shape index (κ2) is 9.55. The maximum Gasteiger partial charge on any atom is 0.226 e. The first-order chi connectivity index (χ1) is 14.8. The molecule has 5 nitrogen and oxygen atoms in total. The molecule has 0 aliphatic heterocycles. The standard InChI is InChI=1S/C24H23F2N3O2/c1-4-22(31)29(3)20-11-9-18(15(2)23(20)25)19-10-7-17(14-28-19)21(30)12-8-16-6-5-13-27-24(16)26/h5-7,9-11,13-14H,4,8,12H2,1-3H3. The van der Waals surface area contributed by atoms with E-state index >= 15 is 0 Å². The molecule has 0 aliphatic rings. The zero-order valence-corrected chi connectivity index (χ0v) is 17.7. The summed E-state index contributed by atoms with van der Waals surface area (Å²) in [6, 6.07) is 9.77. The SMILES string of the molecule is CCC(=O)N(C)c1ccc(-c2ccc(C(=O)CCc3cccnc3F)cn2)c(C)c1F. The largest absolute Gasteiger partial charge is 0.313 e. The highest BCUT2D eigenvalue weighted by Gasteiger charge is 2.18. The van der Waals surface area contributed by atoms with E-state index in [1.54, 1.807) is 57.3 Å². The fraction of sp³-hybridized carbons (Fsp3) is 0.250. The molecule has 3 aromatic rings. The molecular formula is C24H23F2N3O2. The summed E-state index contributed by atoms with van der Waals surface area (Å²) >= 11 is 0. The van der Waals surface area contributed by atoms with Gasteiger partial charge < -0.3 is 4.90 Å². The van der Waals surface area contributed by atoms with E-state index in [1.807, 2.05) is 0 Å². The van der Waals surface area contributed by atoms with Crippen LogP contribution in [0.1, 0.15) is 41.3 Å². The fourth-order valence-corrected chi connectivity index (χ4v) is 3.30. The Labute approximate surface area is 179 Å². The van der Waals surface area contributed by atoms with Gasteiger partial charge in [-0.05, 0) is 43.2 Å². The van der Waals surface area contributed by atoms with Crippen LogP contribution >= 0.6 is 0 Å². The van der Waals surface area contributed by atoms with Crippen molar-refractivity contribution in [1.82, 2.24) is 9.97 Å². The predicted octanol–water partition coefficient (Wildman–Crippen LogP) is 4.92. The molecule has 0 unspecified atom stereocenters. The molecule has 7 heteroatoms. The number of carbonyl (C=O) groups excluding carboxylic acids is 2. The molecule has 0 aliphatic carbocycles. The Morgan fingerprint density at radius 3 is 2.48 bits per heavy atom. The number of aryl methyl sites for hydroxylation is 1. The summed E-state index contributed by atoms with van der Waals surface area (Å²) in [6.45, 7) is 3.35. The van der Waals surface area contributed by atoms with E-state index in [4.69, 9.17) is 0 Å². The topological polar surface area (TPSA) is 63.2 Å². The van der Waals surface area contributed by atoms with Crippen LogP contribution in [-0.2, 0) is 11.2 Å². The number of hydrogen-bond acceptors (Lipinski definition) is 4. The molecule has 1 amide bonds. The first-order valence-corrected chi connectivity index (χ1v) is 9.98. The molecule has 0 spiro atoms. The van der Waals surface area contributed by atoms with E-state index in [0.29, 0.717) is 27.9 Å². The quantitative estimate of drug-likeness (QED) is 0.400. The number of Topliss-reactive ketones (excluding diaryl/α,β-unsaturated/α-hetero) is 1. The molecule has 0 fully saturated rings. The predicted molar refractivity (Wildman–Crippen MR) is 115 cm³/mol. The highest BCUT2D eigenvalue weighted by Crippen LogP contribution is 2.30. The molecule has 0 saturated heterocycles. The first-order valence-electron chi connectivity index (χ1n) is 9.98. The average molecular weight is 423 g/mol. The van der Waals surface area contributed by atoms with Gasteiger partial charge in [-0.3, -0.25) is 14.6 Å². The number of benzene rings is 1. The third kappa shape index (κ3) is 4.82. The van der Waals surface area contributed by atoms with Crippen molar-refractivity contribution in [1.29, 1.82) is 0 Å². The molecular weight excluding hydrogens is 400 g/mol. The normalized spacial score (nSPS) is 10.7. The van der Waals surface area contributed by atoms with Crippen molar-refractivity contribution < 1.29 is 18.4 Å². The molecule has 0 atom stereocenters. The number of ketones is 1. The molecule has 31 heavy (non-hydrogen) atoms. The van der Waals surface area contributed by atoms with E-state index in [-0.39, 0.29) is 36.6 Å². The Kier molecular flexibility index (Phi) is 6.84. The zero-order valence-electron chi connectivity index (χ0n) is 17.7. The van der Waals surface area contributed by atoms with Crippen LogP contribution in [0, 0.1) is 18.7 Å². The van der Waals surface area contributed by atoms with Crippen molar-refractivity contribution in [2.45, 2.75) is 33.1 Å². The number of nitrogens with zero attached hydrogens (tertiary/aromatic N) is 3. The van der Waals surface area contributed by atoms with Crippen LogP contribution in [0.15, 0.2) is 48.8 Å². The fourth-order valence-electron chi connectivity index (χ4n) is 3.30. The van der Waals surface area contributed by atoms with Crippen LogP contribution in [0.2, 0.25) is 0 Å². The van der Waals surface area contributed by atoms with Crippen molar-refractivity contribution >= 4 is 17.4 Å². The van der Waals surface area contributed by atoms with Gasteiger partial charge in [-0.2, -0.15) is 4.39 Å². The van der Waals surface area contributed by atoms with E-state index in [0.717, 1.165) is 0 Å². The Balaban J connectivity index is 1.76. The minimum Gasteiger partial charge on any atom is -0.313 e. The lowest BCUT2D eigenvalue weighted by Gasteiger charge is -2.19. The monoisotopic (exact) mass is 423 g/mol. The summed E-state index contributed by atoms with van der Waals surface area (Å²) in [5.41, 5.74) is 2.46. The first kappa shape index (κ1) is 22.2. The Bertz CT molecular complexity index is 1110. The molecule has 0 radical (unpaired) electrons. The van der Waals surface area contributed by atoms with Crippen LogP contribution in [0.5, 0.6) is 0 Å². The number of pyridine rings is 2. The van der Waals surface area contributed by atoms with E-state index in [2.05, 4.69) is 9.97 Å². The van der Waals surface area contributed by atoms with Gasteiger partial charge in [0.15, 0.2) is 5.78 Å². The van der Waals surface area contributed by atoms with Crippen LogP contribution < -0.4 is 4.90 Å². The molecule has 3 rings (SSSR count). The van der Waals surface area contributed by atoms with Crippen molar-refractivity contribution in [3.8, 4) is 11.3 Å². The van der Waals surface area contributed by atoms with Crippen molar-refractivity contribution in [2.75, 3.05) is 11.9 Å². The number of rotatable bonds is 7. The van der Waals surface area contributed by atoms with Crippen LogP contribution in [0.4, 0.5) is 14.5 Å². The van der Waals surface area contributed by atoms with Crippen molar-refractivity contribution in [3.63, 3.8) is 0 Å². The van der Waals surface area contributed by atoms with Gasteiger partial charge in [0.05, 0.1) is 11.4 Å². The maximum atomic E-state index is 14.9. The number of halogens is 2. The van der Waals surface area contributed by atoms with E-state index < -0.39 is 11.8 Å². The van der Waals surface area contributed by atoms with Gasteiger partial charge in [0.2, 0.25) is 11.9 Å². The summed E-state index contributed by atoms with van der Waals surface area (Å²) < 4.78 is 28.5. The van der Waals surface area contributed by atoms with Crippen LogP contribution in [0.3, 0.4) is 0 Å². The second-order valence-corrected chi connectivity index (χ2v) is 7.19. The van der Waals surface area contributed by atoms with E-state index in [1.165, 1.54) is 17.3 Å². The van der Waals surface area contributed by atoms with Crippen LogP contribution in [0.25, 0.3) is 11.3 Å². The Hall–Kier alpha value is -3.48. The Morgan fingerprint density at radius 2 is 1.84 bits per heavy atom. The summed E-state index contributed by atoms with van der Waals surface area (Å²) in [5.74, 6) is -1.41. The minimum atomic E-state index is -0.573.